The number of carbonyl (C=O) groups excluding carboxylic acids is 1. The molecular formula is C9H14O4S2. The molecule has 2 atom stereocenters. The van der Waals surface area contributed by atoms with Crippen molar-refractivity contribution in [1.82, 2.24) is 0 Å². The van der Waals surface area contributed by atoms with Gasteiger partial charge in [0, 0.05) is 11.7 Å². The third-order valence-corrected chi connectivity index (χ3v) is 2.58. The predicted octanol–water partition coefficient (Wildman–Crippen LogP) is 1.52. The fraction of sp³-hybridized carbons (Fsp3) is 0.556. The Bertz CT molecular complexity index is 265. The zero-order chi connectivity index (χ0) is 12.0. The van der Waals surface area contributed by atoms with Crippen LogP contribution in [0.4, 0.5) is 0 Å². The molecule has 86 valence electrons. The molecule has 4 nitrogen and oxygen atoms in total. The third-order valence-electron chi connectivity index (χ3n) is 1.69. The van der Waals surface area contributed by atoms with Crippen LogP contribution >= 0.6 is 25.3 Å². The molecule has 1 N–H and O–H groups in total. The number of hydrogen-bond donors (Lipinski definition) is 3. The van der Waals surface area contributed by atoms with Crippen molar-refractivity contribution in [3.63, 3.8) is 0 Å². The first-order chi connectivity index (χ1) is 6.88. The van der Waals surface area contributed by atoms with Crippen LogP contribution in [0, 0.1) is 0 Å². The Hall–Kier alpha value is -0.620. The van der Waals surface area contributed by atoms with E-state index in [-0.39, 0.29) is 5.25 Å². The molecule has 2 unspecified atom stereocenters. The van der Waals surface area contributed by atoms with Crippen molar-refractivity contribution in [3.05, 3.63) is 12.2 Å². The molecule has 0 radical (unpaired) electrons. The van der Waals surface area contributed by atoms with Gasteiger partial charge in [0.1, 0.15) is 11.0 Å². The van der Waals surface area contributed by atoms with Gasteiger partial charge in [0.05, 0.1) is 0 Å². The lowest BCUT2D eigenvalue weighted by Gasteiger charge is -2.15. The van der Waals surface area contributed by atoms with E-state index in [1.54, 1.807) is 0 Å². The van der Waals surface area contributed by atoms with Crippen LogP contribution in [-0.2, 0) is 14.3 Å². The van der Waals surface area contributed by atoms with Crippen molar-refractivity contribution in [2.24, 2.45) is 0 Å². The molecule has 0 heterocycles. The predicted molar refractivity (Wildman–Crippen MR) is 63.3 cm³/mol. The molecule has 6 heteroatoms. The van der Waals surface area contributed by atoms with Gasteiger partial charge < -0.3 is 9.84 Å². The Morgan fingerprint density at radius 3 is 2.40 bits per heavy atom. The lowest BCUT2D eigenvalue weighted by Crippen LogP contribution is -2.20. The molecule has 0 bridgehead atoms. The second-order valence-electron chi connectivity index (χ2n) is 2.94. The van der Waals surface area contributed by atoms with Crippen molar-refractivity contribution in [3.8, 4) is 0 Å². The Morgan fingerprint density at radius 1 is 1.47 bits per heavy atom. The summed E-state index contributed by atoms with van der Waals surface area (Å²) < 4.78 is 4.74. The molecule has 0 rings (SSSR count). The number of carboxylic acid groups (broad SMARTS) is 1. The number of thiol groups is 2. The van der Waals surface area contributed by atoms with Crippen molar-refractivity contribution >= 4 is 37.2 Å². The quantitative estimate of drug-likeness (QED) is 0.167. The third kappa shape index (κ3) is 5.74. The van der Waals surface area contributed by atoms with Gasteiger partial charge in [-0.25, -0.2) is 9.59 Å². The minimum absolute atomic E-state index is 0.0680. The van der Waals surface area contributed by atoms with E-state index in [1.165, 1.54) is 0 Å². The van der Waals surface area contributed by atoms with Crippen LogP contribution in [0.2, 0.25) is 0 Å². The number of carbonyl (C=O) groups is 2. The second kappa shape index (κ2) is 6.79. The summed E-state index contributed by atoms with van der Waals surface area (Å²) in [7, 11) is 0. The second-order valence-corrected chi connectivity index (χ2v) is 4.25. The van der Waals surface area contributed by atoms with Gasteiger partial charge in [-0.2, -0.15) is 12.6 Å². The molecule has 0 aliphatic heterocycles. The van der Waals surface area contributed by atoms with Crippen molar-refractivity contribution in [2.75, 3.05) is 0 Å². The molecule has 0 saturated heterocycles. The molecule has 0 aliphatic carbocycles. The van der Waals surface area contributed by atoms with Crippen molar-refractivity contribution in [1.29, 1.82) is 0 Å². The molecule has 15 heavy (non-hydrogen) atoms. The Morgan fingerprint density at radius 2 is 2.00 bits per heavy atom. The van der Waals surface area contributed by atoms with Crippen LogP contribution in [-0.4, -0.2) is 27.7 Å². The maximum absolute atomic E-state index is 11.1. The standard InChI is InChI=1S/C9H14O4S2/c1-3-6(14)4-7(15)13-9(12)5(2)8(10)11/h6-7,14-15H,2-4H2,1H3,(H,10,11). The number of esters is 1. The highest BCUT2D eigenvalue weighted by Gasteiger charge is 2.20. The zero-order valence-corrected chi connectivity index (χ0v) is 10.1. The summed E-state index contributed by atoms with van der Waals surface area (Å²) >= 11 is 8.20. The van der Waals surface area contributed by atoms with Crippen LogP contribution in [0.3, 0.4) is 0 Å². The summed E-state index contributed by atoms with van der Waals surface area (Å²) in [6, 6.07) is 0. The van der Waals surface area contributed by atoms with Crippen molar-refractivity contribution in [2.45, 2.75) is 30.5 Å². The SMILES string of the molecule is C=C(C(=O)O)C(=O)OC(S)CC(S)CC. The molecule has 0 aliphatic rings. The van der Waals surface area contributed by atoms with Gasteiger partial charge in [-0.1, -0.05) is 13.5 Å². The molecule has 0 aromatic heterocycles. The van der Waals surface area contributed by atoms with E-state index in [2.05, 4.69) is 31.8 Å². The number of ether oxygens (including phenoxy) is 1. The molecule has 0 spiro atoms. The first-order valence-corrected chi connectivity index (χ1v) is 5.41. The molecule has 0 fully saturated rings. The maximum Gasteiger partial charge on any atom is 0.346 e. The highest BCUT2D eigenvalue weighted by molar-refractivity contribution is 7.81. The van der Waals surface area contributed by atoms with E-state index in [0.717, 1.165) is 6.42 Å². The topological polar surface area (TPSA) is 63.6 Å². The number of rotatable bonds is 6. The monoisotopic (exact) mass is 250 g/mol. The minimum atomic E-state index is -1.39. The Labute approximate surface area is 99.5 Å². The summed E-state index contributed by atoms with van der Waals surface area (Å²) in [5.74, 6) is -2.35. The van der Waals surface area contributed by atoms with Crippen LogP contribution in [0.25, 0.3) is 0 Å². The van der Waals surface area contributed by atoms with E-state index in [1.807, 2.05) is 6.92 Å². The molecule has 0 amide bonds. The average molecular weight is 250 g/mol. The highest BCUT2D eigenvalue weighted by Crippen LogP contribution is 2.15. The van der Waals surface area contributed by atoms with E-state index in [0.29, 0.717) is 6.42 Å². The summed E-state index contributed by atoms with van der Waals surface area (Å²) in [4.78, 5) is 21.4. The van der Waals surface area contributed by atoms with E-state index in [4.69, 9.17) is 9.84 Å². The lowest BCUT2D eigenvalue weighted by atomic mass is 10.2. The number of aliphatic carboxylic acids is 1. The molecule has 0 aromatic carbocycles. The normalized spacial score (nSPS) is 14.1. The average Bonchev–Trinajstić information content (AvgIpc) is 2.15. The summed E-state index contributed by atoms with van der Waals surface area (Å²) in [6.07, 6.45) is 1.28. The lowest BCUT2D eigenvalue weighted by molar-refractivity contribution is -0.145. The number of carboxylic acids is 1. The Balaban J connectivity index is 4.07. The van der Waals surface area contributed by atoms with Crippen LogP contribution in [0.1, 0.15) is 19.8 Å². The van der Waals surface area contributed by atoms with Gasteiger partial charge in [0.25, 0.3) is 0 Å². The fourth-order valence-corrected chi connectivity index (χ4v) is 1.44. The van der Waals surface area contributed by atoms with E-state index in [9.17, 15) is 9.59 Å². The van der Waals surface area contributed by atoms with Crippen LogP contribution in [0.5, 0.6) is 0 Å². The first kappa shape index (κ1) is 14.4. The van der Waals surface area contributed by atoms with E-state index < -0.39 is 22.9 Å². The van der Waals surface area contributed by atoms with Gasteiger partial charge >= 0.3 is 11.9 Å². The zero-order valence-electron chi connectivity index (χ0n) is 8.34. The molecular weight excluding hydrogens is 236 g/mol. The summed E-state index contributed by atoms with van der Waals surface area (Å²) in [5.41, 5.74) is -1.25. The number of hydrogen-bond acceptors (Lipinski definition) is 5. The van der Waals surface area contributed by atoms with Gasteiger partial charge in [0.2, 0.25) is 0 Å². The fourth-order valence-electron chi connectivity index (χ4n) is 0.730. The smallest absolute Gasteiger partial charge is 0.346 e. The van der Waals surface area contributed by atoms with Crippen LogP contribution in [0.15, 0.2) is 12.2 Å². The van der Waals surface area contributed by atoms with Gasteiger partial charge in [-0.15, -0.1) is 12.6 Å². The minimum Gasteiger partial charge on any atom is -0.477 e. The van der Waals surface area contributed by atoms with Gasteiger partial charge in [-0.05, 0) is 6.42 Å². The van der Waals surface area contributed by atoms with Crippen LogP contribution < -0.4 is 0 Å². The Kier molecular flexibility index (Phi) is 6.51. The van der Waals surface area contributed by atoms with Gasteiger partial charge in [-0.3, -0.25) is 0 Å². The maximum atomic E-state index is 11.1. The summed E-state index contributed by atoms with van der Waals surface area (Å²) in [5, 5.41) is 8.52. The summed E-state index contributed by atoms with van der Waals surface area (Å²) in [6.45, 7) is 5.02. The largest absolute Gasteiger partial charge is 0.477 e. The van der Waals surface area contributed by atoms with Crippen molar-refractivity contribution < 1.29 is 19.4 Å². The van der Waals surface area contributed by atoms with E-state index >= 15 is 0 Å². The first-order valence-electron chi connectivity index (χ1n) is 4.37. The van der Waals surface area contributed by atoms with Gasteiger partial charge in [0.15, 0.2) is 0 Å². The molecule has 0 saturated carbocycles. The molecule has 0 aromatic rings. The highest BCUT2D eigenvalue weighted by atomic mass is 32.1.